The van der Waals surface area contributed by atoms with Crippen LogP contribution in [0.15, 0.2) is 64.1 Å². The predicted molar refractivity (Wildman–Crippen MR) is 74.9 cm³/mol. The molecule has 0 radical (unpaired) electrons. The molecule has 4 rings (SSSR count). The number of hydrogen-bond acceptors (Lipinski definition) is 4. The minimum atomic E-state index is -0.388. The van der Waals surface area contributed by atoms with Gasteiger partial charge in [0, 0.05) is 17.8 Å². The Morgan fingerprint density at radius 2 is 1.85 bits per heavy atom. The van der Waals surface area contributed by atoms with Crippen molar-refractivity contribution in [1.29, 1.82) is 0 Å². The summed E-state index contributed by atoms with van der Waals surface area (Å²) >= 11 is 0. The van der Waals surface area contributed by atoms with Crippen LogP contribution in [0.2, 0.25) is 0 Å². The molecular formula is C15H9N3O2. The second-order valence-corrected chi connectivity index (χ2v) is 4.41. The molecule has 96 valence electrons. The summed E-state index contributed by atoms with van der Waals surface area (Å²) in [6.45, 7) is 0. The zero-order valence-electron chi connectivity index (χ0n) is 10.4. The molecule has 1 aromatic carbocycles. The van der Waals surface area contributed by atoms with Gasteiger partial charge in [0.25, 0.3) is 0 Å². The molecule has 20 heavy (non-hydrogen) atoms. The maximum Gasteiger partial charge on any atom is 0.347 e. The molecule has 0 atom stereocenters. The van der Waals surface area contributed by atoms with Crippen molar-refractivity contribution >= 4 is 21.9 Å². The van der Waals surface area contributed by atoms with E-state index in [4.69, 9.17) is 4.42 Å². The van der Waals surface area contributed by atoms with Gasteiger partial charge in [-0.3, -0.25) is 0 Å². The van der Waals surface area contributed by atoms with Crippen LogP contribution >= 0.6 is 0 Å². The van der Waals surface area contributed by atoms with Crippen LogP contribution < -0.4 is 5.63 Å². The summed E-state index contributed by atoms with van der Waals surface area (Å²) in [4.78, 5) is 16.2. The molecule has 0 spiro atoms. The molecule has 0 saturated heterocycles. The lowest BCUT2D eigenvalue weighted by molar-refractivity contribution is 0.569. The molecule has 0 N–H and O–H groups in total. The van der Waals surface area contributed by atoms with Crippen molar-refractivity contribution in [2.75, 3.05) is 0 Å². The SMILES string of the molecule is O=c1oc2ccccc2c2nn(-c3ccccn3)cc12. The summed E-state index contributed by atoms with van der Waals surface area (Å²) in [5.41, 5.74) is 0.777. The van der Waals surface area contributed by atoms with Gasteiger partial charge in [-0.1, -0.05) is 18.2 Å². The third-order valence-electron chi connectivity index (χ3n) is 3.16. The summed E-state index contributed by atoms with van der Waals surface area (Å²) in [7, 11) is 0. The van der Waals surface area contributed by atoms with Crippen LogP contribution in [0.3, 0.4) is 0 Å². The van der Waals surface area contributed by atoms with Crippen molar-refractivity contribution in [3.8, 4) is 5.82 Å². The Morgan fingerprint density at radius 1 is 1.00 bits per heavy atom. The second kappa shape index (κ2) is 4.03. The van der Waals surface area contributed by atoms with Gasteiger partial charge < -0.3 is 4.42 Å². The quantitative estimate of drug-likeness (QED) is 0.495. The third-order valence-corrected chi connectivity index (χ3v) is 3.16. The number of fused-ring (bicyclic) bond motifs is 3. The second-order valence-electron chi connectivity index (χ2n) is 4.41. The van der Waals surface area contributed by atoms with Crippen LogP contribution in [0.25, 0.3) is 27.7 Å². The number of hydrogen-bond donors (Lipinski definition) is 0. The van der Waals surface area contributed by atoms with Gasteiger partial charge in [0.15, 0.2) is 5.82 Å². The maximum atomic E-state index is 12.0. The molecule has 3 heterocycles. The minimum absolute atomic E-state index is 0.388. The highest BCUT2D eigenvalue weighted by atomic mass is 16.4. The Kier molecular flexibility index (Phi) is 2.20. The zero-order valence-corrected chi connectivity index (χ0v) is 10.4. The van der Waals surface area contributed by atoms with Gasteiger partial charge in [-0.05, 0) is 24.3 Å². The Morgan fingerprint density at radius 3 is 2.70 bits per heavy atom. The molecule has 5 heteroatoms. The Balaban J connectivity index is 2.11. The van der Waals surface area contributed by atoms with E-state index < -0.39 is 0 Å². The summed E-state index contributed by atoms with van der Waals surface area (Å²) in [5.74, 6) is 0.659. The number of rotatable bonds is 1. The number of benzene rings is 1. The lowest BCUT2D eigenvalue weighted by Crippen LogP contribution is -1.97. The molecule has 0 unspecified atom stereocenters. The maximum absolute atomic E-state index is 12.0. The monoisotopic (exact) mass is 263 g/mol. The standard InChI is InChI=1S/C15H9N3O2/c19-15-11-9-18(13-7-3-4-8-16-13)17-14(11)10-5-1-2-6-12(10)20-15/h1-9H. The molecule has 4 aromatic rings. The lowest BCUT2D eigenvalue weighted by Gasteiger charge is -1.97. The van der Waals surface area contributed by atoms with E-state index >= 15 is 0 Å². The Labute approximate surface area is 113 Å². The van der Waals surface area contributed by atoms with Crippen molar-refractivity contribution in [2.24, 2.45) is 0 Å². The van der Waals surface area contributed by atoms with Crippen molar-refractivity contribution < 1.29 is 4.42 Å². The number of pyridine rings is 1. The van der Waals surface area contributed by atoms with Gasteiger partial charge in [-0.25, -0.2) is 14.5 Å². The van der Waals surface area contributed by atoms with E-state index in [1.54, 1.807) is 23.1 Å². The van der Waals surface area contributed by atoms with Gasteiger partial charge >= 0.3 is 5.63 Å². The van der Waals surface area contributed by atoms with Crippen LogP contribution in [-0.4, -0.2) is 14.8 Å². The fraction of sp³-hybridized carbons (Fsp3) is 0. The lowest BCUT2D eigenvalue weighted by atomic mass is 10.2. The fourth-order valence-corrected chi connectivity index (χ4v) is 2.23. The molecule has 0 saturated carbocycles. The molecule has 0 aliphatic heterocycles. The highest BCUT2D eigenvalue weighted by Gasteiger charge is 2.12. The molecule has 0 aliphatic carbocycles. The molecule has 0 aliphatic rings. The topological polar surface area (TPSA) is 60.9 Å². The highest BCUT2D eigenvalue weighted by Crippen LogP contribution is 2.21. The van der Waals surface area contributed by atoms with E-state index in [-0.39, 0.29) is 5.63 Å². The smallest absolute Gasteiger partial charge is 0.347 e. The van der Waals surface area contributed by atoms with Gasteiger partial charge in [-0.2, -0.15) is 5.10 Å². The summed E-state index contributed by atoms with van der Waals surface area (Å²) in [5, 5.41) is 5.74. The van der Waals surface area contributed by atoms with Gasteiger partial charge in [0.05, 0.1) is 0 Å². The first-order valence-corrected chi connectivity index (χ1v) is 6.15. The van der Waals surface area contributed by atoms with Crippen LogP contribution in [0.1, 0.15) is 0 Å². The van der Waals surface area contributed by atoms with Crippen LogP contribution in [0, 0.1) is 0 Å². The molecule has 5 nitrogen and oxygen atoms in total. The number of para-hydroxylation sites is 1. The number of nitrogens with zero attached hydrogens (tertiary/aromatic N) is 3. The third kappa shape index (κ3) is 1.53. The van der Waals surface area contributed by atoms with E-state index in [9.17, 15) is 4.79 Å². The average molecular weight is 263 g/mol. The van der Waals surface area contributed by atoms with E-state index in [1.165, 1.54) is 0 Å². The number of aromatic nitrogens is 3. The first-order chi connectivity index (χ1) is 9.83. The van der Waals surface area contributed by atoms with E-state index in [1.807, 2.05) is 36.4 Å². The molecule has 0 fully saturated rings. The molecule has 0 bridgehead atoms. The van der Waals surface area contributed by atoms with Crippen molar-refractivity contribution in [1.82, 2.24) is 14.8 Å². The van der Waals surface area contributed by atoms with Crippen molar-refractivity contribution in [3.63, 3.8) is 0 Å². The van der Waals surface area contributed by atoms with Crippen molar-refractivity contribution in [2.45, 2.75) is 0 Å². The molecule has 0 amide bonds. The van der Waals surface area contributed by atoms with Gasteiger partial charge in [-0.15, -0.1) is 0 Å². The van der Waals surface area contributed by atoms with E-state index in [2.05, 4.69) is 10.1 Å². The summed E-state index contributed by atoms with van der Waals surface area (Å²) < 4.78 is 6.89. The van der Waals surface area contributed by atoms with Gasteiger partial charge in [0.2, 0.25) is 0 Å². The van der Waals surface area contributed by atoms with Crippen LogP contribution in [0.5, 0.6) is 0 Å². The van der Waals surface area contributed by atoms with Gasteiger partial charge in [0.1, 0.15) is 16.5 Å². The zero-order chi connectivity index (χ0) is 13.5. The summed E-state index contributed by atoms with van der Waals surface area (Å²) in [6, 6.07) is 12.9. The summed E-state index contributed by atoms with van der Waals surface area (Å²) in [6.07, 6.45) is 3.33. The first-order valence-electron chi connectivity index (χ1n) is 6.15. The normalized spacial score (nSPS) is 11.2. The molecule has 3 aromatic heterocycles. The van der Waals surface area contributed by atoms with Crippen molar-refractivity contribution in [3.05, 3.63) is 65.3 Å². The largest absolute Gasteiger partial charge is 0.422 e. The average Bonchev–Trinajstić information content (AvgIpc) is 2.94. The fourth-order valence-electron chi connectivity index (χ4n) is 2.23. The Hall–Kier alpha value is -2.95. The predicted octanol–water partition coefficient (Wildman–Crippen LogP) is 2.53. The Bertz CT molecular complexity index is 971. The first kappa shape index (κ1) is 10.9. The van der Waals surface area contributed by atoms with E-state index in [0.717, 1.165) is 5.39 Å². The van der Waals surface area contributed by atoms with E-state index in [0.29, 0.717) is 22.3 Å². The highest BCUT2D eigenvalue weighted by molar-refractivity contribution is 6.01. The minimum Gasteiger partial charge on any atom is -0.422 e. The van der Waals surface area contributed by atoms with Crippen LogP contribution in [0.4, 0.5) is 0 Å². The van der Waals surface area contributed by atoms with Crippen LogP contribution in [-0.2, 0) is 0 Å². The molecular weight excluding hydrogens is 254 g/mol.